The third-order valence-corrected chi connectivity index (χ3v) is 6.11. The van der Waals surface area contributed by atoms with Crippen molar-refractivity contribution in [1.29, 1.82) is 0 Å². The molecule has 0 unspecified atom stereocenters. The molecule has 0 radical (unpaired) electrons. The molecule has 172 valence electrons. The van der Waals surface area contributed by atoms with E-state index in [1.165, 1.54) is 33.1 Å². The summed E-state index contributed by atoms with van der Waals surface area (Å²) in [7, 11) is 4.61. The highest BCUT2D eigenvalue weighted by molar-refractivity contribution is 7.98. The number of nitrogens with one attached hydrogen (secondary N) is 1. The van der Waals surface area contributed by atoms with Gasteiger partial charge in [-0.3, -0.25) is 14.6 Å². The number of aromatic amines is 1. The van der Waals surface area contributed by atoms with Crippen molar-refractivity contribution < 1.29 is 23.7 Å². The number of nitrogens with zero attached hydrogens (tertiary/aromatic N) is 3. The van der Waals surface area contributed by atoms with Gasteiger partial charge in [0.2, 0.25) is 11.1 Å². The van der Waals surface area contributed by atoms with Crippen molar-refractivity contribution in [1.82, 2.24) is 10.1 Å². The Labute approximate surface area is 195 Å². The molecule has 0 aliphatic carbocycles. The summed E-state index contributed by atoms with van der Waals surface area (Å²) in [5, 5.41) is 5.12. The smallest absolute Gasteiger partial charge is 0.325 e. The molecule has 33 heavy (non-hydrogen) atoms. The van der Waals surface area contributed by atoms with Gasteiger partial charge in [0.15, 0.2) is 11.5 Å². The fraction of sp³-hybridized carbons (Fsp3) is 0.304. The lowest BCUT2D eigenvalue weighted by Gasteiger charge is -2.32. The van der Waals surface area contributed by atoms with Gasteiger partial charge in [-0.1, -0.05) is 30.8 Å². The van der Waals surface area contributed by atoms with E-state index in [1.807, 2.05) is 30.5 Å². The molecular weight excluding hydrogens is 444 g/mol. The van der Waals surface area contributed by atoms with Crippen LogP contribution in [0.1, 0.15) is 25.1 Å². The van der Waals surface area contributed by atoms with Gasteiger partial charge in [-0.05, 0) is 29.1 Å². The van der Waals surface area contributed by atoms with Gasteiger partial charge in [0.05, 0.1) is 38.1 Å². The normalized spacial score (nSPS) is 14.3. The molecular formula is C23H25N4O5S+. The van der Waals surface area contributed by atoms with Gasteiger partial charge in [-0.2, -0.15) is 0 Å². The number of para-hydroxylation sites is 1. The van der Waals surface area contributed by atoms with Crippen molar-refractivity contribution >= 4 is 23.4 Å². The van der Waals surface area contributed by atoms with Crippen molar-refractivity contribution in [3.8, 4) is 28.5 Å². The molecule has 1 aromatic heterocycles. The molecule has 2 aromatic carbocycles. The number of aromatic nitrogens is 3. The molecule has 2 heterocycles. The Bertz CT molecular complexity index is 1280. The lowest BCUT2D eigenvalue weighted by atomic mass is 10.00. The molecule has 0 spiro atoms. The quantitative estimate of drug-likeness (QED) is 0.438. The predicted octanol–water partition coefficient (Wildman–Crippen LogP) is 2.78. The largest absolute Gasteiger partial charge is 0.496 e. The maximum Gasteiger partial charge on any atom is 0.325 e. The first kappa shape index (κ1) is 22.7. The molecule has 1 atom stereocenters. The monoisotopic (exact) mass is 469 g/mol. The second-order valence-corrected chi connectivity index (χ2v) is 8.01. The molecule has 1 N–H and O–H groups in total. The van der Waals surface area contributed by atoms with Crippen LogP contribution in [0.4, 0.5) is 5.69 Å². The molecule has 1 aliphatic rings. The Morgan fingerprint density at radius 3 is 2.42 bits per heavy atom. The highest BCUT2D eigenvalue weighted by Gasteiger charge is 2.47. The maximum atomic E-state index is 13.3. The lowest BCUT2D eigenvalue weighted by Crippen LogP contribution is -2.60. The van der Waals surface area contributed by atoms with Crippen molar-refractivity contribution in [2.75, 3.05) is 32.5 Å². The second kappa shape index (κ2) is 9.14. The first-order valence-electron chi connectivity index (χ1n) is 10.3. The lowest BCUT2D eigenvalue weighted by molar-refractivity contribution is -0.763. The van der Waals surface area contributed by atoms with Gasteiger partial charge in [-0.25, -0.2) is 4.90 Å². The summed E-state index contributed by atoms with van der Waals surface area (Å²) in [5.41, 5.74) is 1.90. The number of methoxy groups -OCH3 is 3. The van der Waals surface area contributed by atoms with Gasteiger partial charge in [-0.15, -0.1) is 0 Å². The first-order valence-corrected chi connectivity index (χ1v) is 11.5. The van der Waals surface area contributed by atoms with E-state index in [2.05, 4.69) is 4.98 Å². The van der Waals surface area contributed by atoms with Gasteiger partial charge in [0, 0.05) is 17.6 Å². The van der Waals surface area contributed by atoms with E-state index >= 15 is 0 Å². The molecule has 1 aliphatic heterocycles. The zero-order chi connectivity index (χ0) is 23.7. The molecule has 3 aromatic rings. The third-order valence-electron chi connectivity index (χ3n) is 5.54. The fourth-order valence-electron chi connectivity index (χ4n) is 4.04. The predicted molar refractivity (Wildman–Crippen MR) is 124 cm³/mol. The van der Waals surface area contributed by atoms with Crippen molar-refractivity contribution in [2.45, 2.75) is 24.7 Å². The number of anilines is 1. The standard InChI is InChI=1S/C23H24N4O5S/c1-6-19(28)26-15-10-8-7-9-13(15)20-21(29)24-23(33-5)25-27(20)22(26)14-11-17(31-3)18(32-4)12-16(14)30-2/h7-12,22H,6H2,1-5H3/p+1/t22-/m0/s1. The van der Waals surface area contributed by atoms with Crippen LogP contribution in [0.15, 0.2) is 46.3 Å². The van der Waals surface area contributed by atoms with Crippen LogP contribution >= 0.6 is 11.8 Å². The summed E-state index contributed by atoms with van der Waals surface area (Å²) in [6, 6.07) is 10.8. The van der Waals surface area contributed by atoms with E-state index in [-0.39, 0.29) is 17.9 Å². The van der Waals surface area contributed by atoms with E-state index < -0.39 is 6.17 Å². The summed E-state index contributed by atoms with van der Waals surface area (Å²) >= 11 is 1.31. The fourth-order valence-corrected chi connectivity index (χ4v) is 4.40. The van der Waals surface area contributed by atoms with Gasteiger partial charge in [0.1, 0.15) is 5.75 Å². The number of fused-ring (bicyclic) bond motifs is 3. The number of hydrogen-bond acceptors (Lipinski definition) is 7. The Kier molecular flexibility index (Phi) is 6.28. The van der Waals surface area contributed by atoms with Crippen molar-refractivity contribution in [3.05, 3.63) is 52.3 Å². The Morgan fingerprint density at radius 1 is 1.12 bits per heavy atom. The molecule has 0 fully saturated rings. The number of H-pyrrole nitrogens is 1. The van der Waals surface area contributed by atoms with Crippen molar-refractivity contribution in [2.24, 2.45) is 0 Å². The maximum absolute atomic E-state index is 13.3. The number of benzene rings is 2. The number of thioether (sulfide) groups is 1. The van der Waals surface area contributed by atoms with Crippen LogP contribution in [0.3, 0.4) is 0 Å². The highest BCUT2D eigenvalue weighted by atomic mass is 32.2. The van der Waals surface area contributed by atoms with E-state index in [9.17, 15) is 9.59 Å². The molecule has 9 nitrogen and oxygen atoms in total. The minimum Gasteiger partial charge on any atom is -0.496 e. The minimum atomic E-state index is -0.787. The zero-order valence-electron chi connectivity index (χ0n) is 19.0. The van der Waals surface area contributed by atoms with E-state index in [1.54, 1.807) is 28.6 Å². The Morgan fingerprint density at radius 2 is 1.79 bits per heavy atom. The third kappa shape index (κ3) is 3.70. The van der Waals surface area contributed by atoms with E-state index in [0.29, 0.717) is 44.9 Å². The van der Waals surface area contributed by atoms with E-state index in [4.69, 9.17) is 19.3 Å². The van der Waals surface area contributed by atoms with Gasteiger partial charge < -0.3 is 14.2 Å². The SMILES string of the molecule is CCC(=O)N1c2ccccc2-c2c(=O)[nH]c(SC)n[n+]2[C@H]1c1cc(OC)c(OC)cc1OC. The number of amides is 1. The van der Waals surface area contributed by atoms with Crippen molar-refractivity contribution in [3.63, 3.8) is 0 Å². The van der Waals surface area contributed by atoms with Crippen LogP contribution in [0.25, 0.3) is 11.3 Å². The van der Waals surface area contributed by atoms with Crippen LogP contribution in [0.2, 0.25) is 0 Å². The van der Waals surface area contributed by atoms with E-state index in [0.717, 1.165) is 0 Å². The van der Waals surface area contributed by atoms with Gasteiger partial charge in [0.25, 0.3) is 6.17 Å². The second-order valence-electron chi connectivity index (χ2n) is 7.21. The average Bonchev–Trinajstić information content (AvgIpc) is 2.86. The molecule has 1 amide bonds. The Balaban J connectivity index is 2.12. The summed E-state index contributed by atoms with van der Waals surface area (Å²) in [6.07, 6.45) is 1.29. The van der Waals surface area contributed by atoms with Gasteiger partial charge >= 0.3 is 11.3 Å². The summed E-state index contributed by atoms with van der Waals surface area (Å²) in [4.78, 5) is 31.0. The number of carbonyl (C=O) groups excluding carboxylic acids is 1. The van der Waals surface area contributed by atoms with Crippen LogP contribution in [-0.2, 0) is 4.79 Å². The van der Waals surface area contributed by atoms with Crippen LogP contribution in [-0.4, -0.2) is 43.6 Å². The average molecular weight is 470 g/mol. The summed E-state index contributed by atoms with van der Waals surface area (Å²) in [5.74, 6) is 1.29. The molecule has 10 heteroatoms. The minimum absolute atomic E-state index is 0.129. The Hall–Kier alpha value is -3.53. The van der Waals surface area contributed by atoms with Crippen LogP contribution < -0.4 is 29.4 Å². The first-order chi connectivity index (χ1) is 16.0. The van der Waals surface area contributed by atoms with Crippen LogP contribution in [0, 0.1) is 0 Å². The summed E-state index contributed by atoms with van der Waals surface area (Å²) in [6.45, 7) is 1.80. The highest BCUT2D eigenvalue weighted by Crippen LogP contribution is 2.43. The molecule has 0 bridgehead atoms. The zero-order valence-corrected chi connectivity index (χ0v) is 19.9. The number of carbonyl (C=O) groups is 1. The number of hydrogen-bond donors (Lipinski definition) is 1. The summed E-state index contributed by atoms with van der Waals surface area (Å²) < 4.78 is 18.2. The number of ether oxygens (including phenoxy) is 3. The topological polar surface area (TPSA) is 97.6 Å². The van der Waals surface area contributed by atoms with Crippen LogP contribution in [0.5, 0.6) is 17.2 Å². The molecule has 0 saturated heterocycles. The molecule has 0 saturated carbocycles. The molecule has 4 rings (SSSR count). The number of rotatable bonds is 6.